The lowest BCUT2D eigenvalue weighted by Crippen LogP contribution is -2.26. The van der Waals surface area contributed by atoms with Crippen LogP contribution in [0.15, 0.2) is 46.9 Å². The van der Waals surface area contributed by atoms with Crippen LogP contribution in [-0.2, 0) is 17.8 Å². The summed E-state index contributed by atoms with van der Waals surface area (Å²) in [6.07, 6.45) is 0.977. The number of nitro groups is 1. The Morgan fingerprint density at radius 1 is 1.24 bits per heavy atom. The molecule has 0 radical (unpaired) electrons. The molecule has 0 heterocycles. The molecule has 0 fully saturated rings. The maximum absolute atomic E-state index is 12.3. The minimum Gasteiger partial charge on any atom is -0.496 e. The maximum atomic E-state index is 12.3. The molecule has 0 N–H and O–H groups in total. The first-order valence-corrected chi connectivity index (χ1v) is 8.49. The van der Waals surface area contributed by atoms with Gasteiger partial charge in [0.25, 0.3) is 5.69 Å². The fourth-order valence-electron chi connectivity index (χ4n) is 2.44. The molecule has 25 heavy (non-hydrogen) atoms. The van der Waals surface area contributed by atoms with Crippen LogP contribution in [0.4, 0.5) is 5.69 Å². The lowest BCUT2D eigenvalue weighted by molar-refractivity contribution is -0.384. The predicted molar refractivity (Wildman–Crippen MR) is 98.6 cm³/mol. The van der Waals surface area contributed by atoms with Crippen LogP contribution in [0.1, 0.15) is 17.5 Å². The van der Waals surface area contributed by atoms with Crippen molar-refractivity contribution in [3.63, 3.8) is 0 Å². The van der Waals surface area contributed by atoms with E-state index in [-0.39, 0.29) is 11.6 Å². The highest BCUT2D eigenvalue weighted by atomic mass is 79.9. The van der Waals surface area contributed by atoms with E-state index in [0.717, 1.165) is 21.3 Å². The first-order chi connectivity index (χ1) is 11.9. The molecule has 1 amide bonds. The van der Waals surface area contributed by atoms with E-state index in [2.05, 4.69) is 15.9 Å². The number of carbonyl (C=O) groups excluding carboxylic acids is 1. The second-order valence-electron chi connectivity index (χ2n) is 5.65. The third-order valence-electron chi connectivity index (χ3n) is 3.81. The number of non-ortho nitro benzene ring substituents is 1. The molecular formula is C18H19BrN2O4. The molecule has 0 atom stereocenters. The van der Waals surface area contributed by atoms with E-state index < -0.39 is 4.92 Å². The van der Waals surface area contributed by atoms with Gasteiger partial charge in [-0.2, -0.15) is 0 Å². The third-order valence-corrected chi connectivity index (χ3v) is 4.43. The monoisotopic (exact) mass is 406 g/mol. The van der Waals surface area contributed by atoms with Gasteiger partial charge in [0.15, 0.2) is 0 Å². The van der Waals surface area contributed by atoms with E-state index in [1.165, 1.54) is 12.1 Å². The summed E-state index contributed by atoms with van der Waals surface area (Å²) in [5.74, 6) is 0.733. The van der Waals surface area contributed by atoms with Gasteiger partial charge in [-0.15, -0.1) is 0 Å². The van der Waals surface area contributed by atoms with Crippen LogP contribution in [0, 0.1) is 10.1 Å². The number of ether oxygens (including phenoxy) is 1. The largest absolute Gasteiger partial charge is 0.496 e. The van der Waals surface area contributed by atoms with Crippen molar-refractivity contribution in [3.8, 4) is 5.75 Å². The number of carbonyl (C=O) groups is 1. The number of nitrogens with zero attached hydrogens (tertiary/aromatic N) is 2. The molecule has 7 heteroatoms. The highest BCUT2D eigenvalue weighted by Crippen LogP contribution is 2.26. The number of rotatable bonds is 7. The highest BCUT2D eigenvalue weighted by Gasteiger charge is 2.12. The Balaban J connectivity index is 1.93. The molecule has 0 aliphatic carbocycles. The SMILES string of the molecule is COc1ccc(CCC(=O)N(C)Cc2cccc([N+](=O)[O-])c2)cc1Br. The average Bonchev–Trinajstić information content (AvgIpc) is 2.59. The Kier molecular flexibility index (Phi) is 6.52. The van der Waals surface area contributed by atoms with Crippen molar-refractivity contribution in [2.45, 2.75) is 19.4 Å². The van der Waals surface area contributed by atoms with Crippen LogP contribution in [0.3, 0.4) is 0 Å². The van der Waals surface area contributed by atoms with E-state index in [1.54, 1.807) is 31.2 Å². The number of methoxy groups -OCH3 is 1. The van der Waals surface area contributed by atoms with E-state index >= 15 is 0 Å². The molecule has 2 aromatic rings. The molecule has 6 nitrogen and oxygen atoms in total. The smallest absolute Gasteiger partial charge is 0.269 e. The first-order valence-electron chi connectivity index (χ1n) is 7.70. The summed E-state index contributed by atoms with van der Waals surface area (Å²) in [5.41, 5.74) is 1.79. The summed E-state index contributed by atoms with van der Waals surface area (Å²) < 4.78 is 6.04. The Morgan fingerprint density at radius 2 is 2.00 bits per heavy atom. The number of benzene rings is 2. The molecule has 0 bridgehead atoms. The van der Waals surface area contributed by atoms with Crippen LogP contribution in [0.5, 0.6) is 5.75 Å². The van der Waals surface area contributed by atoms with E-state index in [4.69, 9.17) is 4.74 Å². The molecular weight excluding hydrogens is 388 g/mol. The topological polar surface area (TPSA) is 72.7 Å². The predicted octanol–water partition coefficient (Wildman–Crippen LogP) is 3.96. The van der Waals surface area contributed by atoms with Crippen molar-refractivity contribution in [2.75, 3.05) is 14.2 Å². The van der Waals surface area contributed by atoms with Gasteiger partial charge in [0, 0.05) is 32.1 Å². The number of hydrogen-bond acceptors (Lipinski definition) is 4. The van der Waals surface area contributed by atoms with Gasteiger partial charge in [0.1, 0.15) is 5.75 Å². The summed E-state index contributed by atoms with van der Waals surface area (Å²) in [6.45, 7) is 0.340. The maximum Gasteiger partial charge on any atom is 0.269 e. The second kappa shape index (κ2) is 8.62. The lowest BCUT2D eigenvalue weighted by atomic mass is 10.1. The van der Waals surface area contributed by atoms with Crippen molar-refractivity contribution < 1.29 is 14.5 Å². The molecule has 0 unspecified atom stereocenters. The summed E-state index contributed by atoms with van der Waals surface area (Å²) in [7, 11) is 3.30. The molecule has 0 saturated carbocycles. The summed E-state index contributed by atoms with van der Waals surface area (Å²) in [4.78, 5) is 24.3. The Bertz CT molecular complexity index is 779. The summed E-state index contributed by atoms with van der Waals surface area (Å²) in [5, 5.41) is 10.8. The lowest BCUT2D eigenvalue weighted by Gasteiger charge is -2.17. The van der Waals surface area contributed by atoms with E-state index in [9.17, 15) is 14.9 Å². The van der Waals surface area contributed by atoms with Gasteiger partial charge in [-0.1, -0.05) is 18.2 Å². The average molecular weight is 407 g/mol. The van der Waals surface area contributed by atoms with Gasteiger partial charge in [-0.3, -0.25) is 14.9 Å². The highest BCUT2D eigenvalue weighted by molar-refractivity contribution is 9.10. The molecule has 0 aliphatic heterocycles. The normalized spacial score (nSPS) is 10.4. The molecule has 0 aromatic heterocycles. The van der Waals surface area contributed by atoms with Gasteiger partial charge in [-0.05, 0) is 45.6 Å². The molecule has 0 saturated heterocycles. The Labute approximate surface area is 154 Å². The fraction of sp³-hybridized carbons (Fsp3) is 0.278. The fourth-order valence-corrected chi connectivity index (χ4v) is 3.03. The minimum atomic E-state index is -0.438. The minimum absolute atomic E-state index is 0.0153. The van der Waals surface area contributed by atoms with Gasteiger partial charge < -0.3 is 9.64 Å². The van der Waals surface area contributed by atoms with Crippen LogP contribution in [0.25, 0.3) is 0 Å². The first kappa shape index (κ1) is 18.9. The molecule has 132 valence electrons. The Morgan fingerprint density at radius 3 is 2.64 bits per heavy atom. The van der Waals surface area contributed by atoms with Crippen LogP contribution < -0.4 is 4.74 Å². The zero-order valence-electron chi connectivity index (χ0n) is 14.1. The number of amides is 1. The molecule has 0 aliphatic rings. The van der Waals surface area contributed by atoms with Crippen LogP contribution in [0.2, 0.25) is 0 Å². The van der Waals surface area contributed by atoms with Crippen molar-refractivity contribution in [1.82, 2.24) is 4.90 Å². The zero-order valence-corrected chi connectivity index (χ0v) is 15.7. The van der Waals surface area contributed by atoms with Gasteiger partial charge in [-0.25, -0.2) is 0 Å². The van der Waals surface area contributed by atoms with Gasteiger partial charge in [0.2, 0.25) is 5.91 Å². The van der Waals surface area contributed by atoms with Crippen LogP contribution in [-0.4, -0.2) is 29.9 Å². The number of halogens is 1. The summed E-state index contributed by atoms with van der Waals surface area (Å²) >= 11 is 3.43. The van der Waals surface area contributed by atoms with Crippen molar-refractivity contribution >= 4 is 27.5 Å². The number of nitro benzene ring substituents is 1. The van der Waals surface area contributed by atoms with Crippen molar-refractivity contribution in [3.05, 3.63) is 68.2 Å². The molecule has 0 spiro atoms. The zero-order chi connectivity index (χ0) is 18.4. The van der Waals surface area contributed by atoms with Gasteiger partial charge in [0.05, 0.1) is 16.5 Å². The van der Waals surface area contributed by atoms with Crippen molar-refractivity contribution in [2.24, 2.45) is 0 Å². The van der Waals surface area contributed by atoms with Crippen molar-refractivity contribution in [1.29, 1.82) is 0 Å². The third kappa shape index (κ3) is 5.29. The van der Waals surface area contributed by atoms with E-state index in [1.807, 2.05) is 18.2 Å². The number of aryl methyl sites for hydroxylation is 1. The Hall–Kier alpha value is -2.41. The standard InChI is InChI=1S/C18H19BrN2O4/c1-20(12-14-4-3-5-15(10-14)21(23)24)18(22)9-7-13-6-8-17(25-2)16(19)11-13/h3-6,8,10-11H,7,9,12H2,1-2H3. The van der Waals surface area contributed by atoms with Gasteiger partial charge >= 0.3 is 0 Å². The quantitative estimate of drug-likeness (QED) is 0.515. The second-order valence-corrected chi connectivity index (χ2v) is 6.50. The number of hydrogen-bond donors (Lipinski definition) is 0. The molecule has 2 rings (SSSR count). The molecule has 2 aromatic carbocycles. The summed E-state index contributed by atoms with van der Waals surface area (Å²) in [6, 6.07) is 12.1. The van der Waals surface area contributed by atoms with Crippen LogP contribution >= 0.6 is 15.9 Å². The van der Waals surface area contributed by atoms with E-state index in [0.29, 0.717) is 19.4 Å².